The molecule has 1 aliphatic heterocycles. The Hall–Kier alpha value is -0.0900. The van der Waals surface area contributed by atoms with Crippen molar-refractivity contribution in [1.82, 2.24) is 0 Å². The molecule has 10 heavy (non-hydrogen) atoms. The molecule has 1 atom stereocenters. The zero-order valence-corrected chi connectivity index (χ0v) is 6.86. The van der Waals surface area contributed by atoms with E-state index in [0.29, 0.717) is 6.61 Å². The molecule has 1 heterocycles. The van der Waals surface area contributed by atoms with Gasteiger partial charge in [-0.15, -0.1) is 0 Å². The molecular formula is C6H12O3S. The van der Waals surface area contributed by atoms with E-state index in [9.17, 15) is 8.42 Å². The number of hydrogen-bond acceptors (Lipinski definition) is 3. The van der Waals surface area contributed by atoms with Gasteiger partial charge in [0, 0.05) is 0 Å². The first-order chi connectivity index (χ1) is 4.63. The lowest BCUT2D eigenvalue weighted by Gasteiger charge is -2.05. The van der Waals surface area contributed by atoms with Crippen LogP contribution in [0, 0.1) is 0 Å². The van der Waals surface area contributed by atoms with Crippen LogP contribution in [0.15, 0.2) is 0 Å². The number of rotatable bonds is 0. The quantitative estimate of drug-likeness (QED) is 0.500. The smallest absolute Gasteiger partial charge is 0.269 e. The molecule has 1 aliphatic rings. The van der Waals surface area contributed by atoms with Crippen LogP contribution in [-0.2, 0) is 14.3 Å². The molecule has 1 unspecified atom stereocenters. The third-order valence-corrected chi connectivity index (χ3v) is 3.46. The first-order valence-corrected chi connectivity index (χ1v) is 4.98. The lowest BCUT2D eigenvalue weighted by Crippen LogP contribution is -2.17. The fraction of sp³-hybridized carbons (Fsp3) is 1.00. The van der Waals surface area contributed by atoms with E-state index >= 15 is 0 Å². The van der Waals surface area contributed by atoms with Crippen LogP contribution in [0.3, 0.4) is 0 Å². The third kappa shape index (κ3) is 1.70. The summed E-state index contributed by atoms with van der Waals surface area (Å²) in [4.78, 5) is 0. The maximum Gasteiger partial charge on any atom is 0.269 e. The second-order valence-corrected chi connectivity index (χ2v) is 4.65. The van der Waals surface area contributed by atoms with E-state index in [4.69, 9.17) is 0 Å². The van der Waals surface area contributed by atoms with Crippen molar-refractivity contribution in [3.05, 3.63) is 0 Å². The fourth-order valence-electron chi connectivity index (χ4n) is 0.969. The van der Waals surface area contributed by atoms with Crippen molar-refractivity contribution in [2.75, 3.05) is 6.61 Å². The average molecular weight is 164 g/mol. The van der Waals surface area contributed by atoms with Gasteiger partial charge in [-0.05, 0) is 26.2 Å². The van der Waals surface area contributed by atoms with Crippen molar-refractivity contribution in [3.8, 4) is 0 Å². The summed E-state index contributed by atoms with van der Waals surface area (Å²) in [5.74, 6) is 0. The Bertz CT molecular complexity index is 195. The summed E-state index contributed by atoms with van der Waals surface area (Å²) in [5, 5.41) is -0.310. The second kappa shape index (κ2) is 2.88. The van der Waals surface area contributed by atoms with Crippen LogP contribution in [-0.4, -0.2) is 20.3 Å². The highest BCUT2D eigenvalue weighted by Crippen LogP contribution is 2.16. The summed E-state index contributed by atoms with van der Waals surface area (Å²) in [5.41, 5.74) is 0. The van der Waals surface area contributed by atoms with Crippen LogP contribution in [0.25, 0.3) is 0 Å². The first-order valence-electron chi connectivity index (χ1n) is 3.51. The van der Waals surface area contributed by atoms with Gasteiger partial charge in [0.2, 0.25) is 0 Å². The minimum atomic E-state index is -3.20. The van der Waals surface area contributed by atoms with Gasteiger partial charge < -0.3 is 0 Å². The predicted octanol–water partition coefficient (Wildman–Crippen LogP) is 0.905. The van der Waals surface area contributed by atoms with Crippen molar-refractivity contribution in [3.63, 3.8) is 0 Å². The topological polar surface area (TPSA) is 43.4 Å². The van der Waals surface area contributed by atoms with Crippen LogP contribution in [0.2, 0.25) is 0 Å². The van der Waals surface area contributed by atoms with E-state index in [1.54, 1.807) is 6.92 Å². The van der Waals surface area contributed by atoms with Gasteiger partial charge >= 0.3 is 0 Å². The van der Waals surface area contributed by atoms with Gasteiger partial charge in [-0.2, -0.15) is 8.42 Å². The second-order valence-electron chi connectivity index (χ2n) is 2.62. The molecule has 1 saturated heterocycles. The molecule has 0 spiro atoms. The third-order valence-electron chi connectivity index (χ3n) is 1.75. The Morgan fingerprint density at radius 3 is 2.80 bits per heavy atom. The van der Waals surface area contributed by atoms with Crippen LogP contribution in [0.4, 0.5) is 0 Å². The number of hydrogen-bond donors (Lipinski definition) is 0. The molecule has 0 aliphatic carbocycles. The molecular weight excluding hydrogens is 152 g/mol. The molecule has 0 N–H and O–H groups in total. The molecule has 0 radical (unpaired) electrons. The molecule has 1 fully saturated rings. The summed E-state index contributed by atoms with van der Waals surface area (Å²) >= 11 is 0. The fourth-order valence-corrected chi connectivity index (χ4v) is 2.01. The minimum Gasteiger partial charge on any atom is -0.270 e. The minimum absolute atomic E-state index is 0.310. The first kappa shape index (κ1) is 8.01. The Kier molecular flexibility index (Phi) is 2.31. The molecule has 0 aromatic carbocycles. The van der Waals surface area contributed by atoms with Crippen LogP contribution in [0.1, 0.15) is 26.2 Å². The van der Waals surface area contributed by atoms with E-state index in [1.807, 2.05) is 0 Å². The Morgan fingerprint density at radius 1 is 1.40 bits per heavy atom. The maximum absolute atomic E-state index is 11.0. The van der Waals surface area contributed by atoms with Gasteiger partial charge in [0.25, 0.3) is 10.1 Å². The van der Waals surface area contributed by atoms with Gasteiger partial charge in [-0.1, -0.05) is 0 Å². The van der Waals surface area contributed by atoms with Crippen LogP contribution in [0.5, 0.6) is 0 Å². The Morgan fingerprint density at radius 2 is 2.10 bits per heavy atom. The zero-order chi connectivity index (χ0) is 7.61. The monoisotopic (exact) mass is 164 g/mol. The molecule has 60 valence electrons. The molecule has 0 aromatic rings. The molecule has 0 saturated carbocycles. The van der Waals surface area contributed by atoms with Gasteiger partial charge in [0.1, 0.15) is 0 Å². The standard InChI is InChI=1S/C6H12O3S/c1-6-4-2-3-5-9-10(6,7)8/h6H,2-5H2,1H3. The molecule has 1 rings (SSSR count). The van der Waals surface area contributed by atoms with Crippen molar-refractivity contribution in [2.45, 2.75) is 31.4 Å². The maximum atomic E-state index is 11.0. The average Bonchev–Trinajstić information content (AvgIpc) is 1.96. The summed E-state index contributed by atoms with van der Waals surface area (Å²) in [6.45, 7) is 2.06. The summed E-state index contributed by atoms with van der Waals surface area (Å²) in [7, 11) is -3.20. The van der Waals surface area contributed by atoms with E-state index in [-0.39, 0.29) is 5.25 Å². The molecule has 0 bridgehead atoms. The Balaban J connectivity index is 2.71. The highest BCUT2D eigenvalue weighted by atomic mass is 32.2. The van der Waals surface area contributed by atoms with E-state index in [1.165, 1.54) is 0 Å². The van der Waals surface area contributed by atoms with E-state index in [0.717, 1.165) is 19.3 Å². The van der Waals surface area contributed by atoms with Crippen molar-refractivity contribution in [1.29, 1.82) is 0 Å². The summed E-state index contributed by atoms with van der Waals surface area (Å²) in [6.07, 6.45) is 2.56. The van der Waals surface area contributed by atoms with Crippen LogP contribution >= 0.6 is 0 Å². The largest absolute Gasteiger partial charge is 0.270 e. The summed E-state index contributed by atoms with van der Waals surface area (Å²) in [6, 6.07) is 0. The van der Waals surface area contributed by atoms with Gasteiger partial charge in [0.15, 0.2) is 0 Å². The molecule has 3 nitrogen and oxygen atoms in total. The molecule has 0 aromatic heterocycles. The van der Waals surface area contributed by atoms with Gasteiger partial charge in [0.05, 0.1) is 11.9 Å². The van der Waals surface area contributed by atoms with Gasteiger partial charge in [-0.3, -0.25) is 4.18 Å². The van der Waals surface area contributed by atoms with Crippen molar-refractivity contribution in [2.24, 2.45) is 0 Å². The lowest BCUT2D eigenvalue weighted by molar-refractivity contribution is 0.318. The zero-order valence-electron chi connectivity index (χ0n) is 6.04. The van der Waals surface area contributed by atoms with E-state index in [2.05, 4.69) is 4.18 Å². The SMILES string of the molecule is CC1CCCCOS1(=O)=O. The van der Waals surface area contributed by atoms with Crippen molar-refractivity contribution < 1.29 is 12.6 Å². The summed E-state index contributed by atoms with van der Waals surface area (Å²) < 4.78 is 26.6. The highest BCUT2D eigenvalue weighted by molar-refractivity contribution is 7.87. The molecule has 4 heteroatoms. The normalized spacial score (nSPS) is 33.1. The molecule has 0 amide bonds. The van der Waals surface area contributed by atoms with Gasteiger partial charge in [-0.25, -0.2) is 0 Å². The predicted molar refractivity (Wildman–Crippen MR) is 38.2 cm³/mol. The highest BCUT2D eigenvalue weighted by Gasteiger charge is 2.23. The van der Waals surface area contributed by atoms with E-state index < -0.39 is 10.1 Å². The Labute approximate surface area is 61.5 Å². The van der Waals surface area contributed by atoms with Crippen LogP contribution < -0.4 is 0 Å². The lowest BCUT2D eigenvalue weighted by atomic mass is 10.2. The van der Waals surface area contributed by atoms with Crippen molar-refractivity contribution >= 4 is 10.1 Å².